The standard InChI is InChI=1S/C9H12N4S2/c1-3-6-7(14-5-11-6)8-12-13-9(15-8)10-4-2/h5H,3-4H2,1-2H3,(H,10,13). The summed E-state index contributed by atoms with van der Waals surface area (Å²) in [7, 11) is 0. The zero-order valence-corrected chi connectivity index (χ0v) is 10.3. The third kappa shape index (κ3) is 2.15. The molecule has 0 saturated carbocycles. The van der Waals surface area contributed by atoms with E-state index in [1.54, 1.807) is 22.7 Å². The number of nitrogens with one attached hydrogen (secondary N) is 1. The molecule has 0 unspecified atom stereocenters. The van der Waals surface area contributed by atoms with E-state index in [1.807, 2.05) is 12.4 Å². The van der Waals surface area contributed by atoms with Gasteiger partial charge in [-0.15, -0.1) is 21.5 Å². The first kappa shape index (κ1) is 10.5. The summed E-state index contributed by atoms with van der Waals surface area (Å²) in [5.74, 6) is 0. The molecule has 0 saturated heterocycles. The van der Waals surface area contributed by atoms with Crippen molar-refractivity contribution in [2.75, 3.05) is 11.9 Å². The predicted molar refractivity (Wildman–Crippen MR) is 64.6 cm³/mol. The first-order chi connectivity index (χ1) is 7.35. The molecule has 80 valence electrons. The fraction of sp³-hybridized carbons (Fsp3) is 0.444. The number of hydrogen-bond acceptors (Lipinski definition) is 6. The Balaban J connectivity index is 2.28. The van der Waals surface area contributed by atoms with E-state index in [2.05, 4.69) is 27.4 Å². The first-order valence-electron chi connectivity index (χ1n) is 4.85. The van der Waals surface area contributed by atoms with Crippen LogP contribution in [-0.2, 0) is 6.42 Å². The van der Waals surface area contributed by atoms with E-state index in [9.17, 15) is 0 Å². The third-order valence-electron chi connectivity index (χ3n) is 1.92. The monoisotopic (exact) mass is 240 g/mol. The zero-order valence-electron chi connectivity index (χ0n) is 8.65. The molecule has 0 aliphatic rings. The van der Waals surface area contributed by atoms with Crippen LogP contribution in [0.4, 0.5) is 5.13 Å². The highest BCUT2D eigenvalue weighted by atomic mass is 32.1. The van der Waals surface area contributed by atoms with Gasteiger partial charge in [0, 0.05) is 6.54 Å². The van der Waals surface area contributed by atoms with Crippen molar-refractivity contribution >= 4 is 27.8 Å². The van der Waals surface area contributed by atoms with Crippen LogP contribution in [0.25, 0.3) is 9.88 Å². The van der Waals surface area contributed by atoms with Crippen molar-refractivity contribution < 1.29 is 0 Å². The van der Waals surface area contributed by atoms with Gasteiger partial charge in [-0.1, -0.05) is 18.3 Å². The number of aryl methyl sites for hydroxylation is 1. The minimum absolute atomic E-state index is 0.873. The fourth-order valence-electron chi connectivity index (χ4n) is 1.23. The van der Waals surface area contributed by atoms with Crippen molar-refractivity contribution in [3.05, 3.63) is 11.2 Å². The van der Waals surface area contributed by atoms with Crippen LogP contribution in [0, 0.1) is 0 Å². The average molecular weight is 240 g/mol. The van der Waals surface area contributed by atoms with E-state index < -0.39 is 0 Å². The Morgan fingerprint density at radius 2 is 2.20 bits per heavy atom. The zero-order chi connectivity index (χ0) is 10.7. The topological polar surface area (TPSA) is 50.7 Å². The second-order valence-corrected chi connectivity index (χ2v) is 4.76. The van der Waals surface area contributed by atoms with E-state index in [1.165, 1.54) is 0 Å². The molecule has 0 aliphatic carbocycles. The van der Waals surface area contributed by atoms with Gasteiger partial charge in [0.1, 0.15) is 0 Å². The lowest BCUT2D eigenvalue weighted by Crippen LogP contribution is -1.94. The van der Waals surface area contributed by atoms with Gasteiger partial charge in [-0.05, 0) is 13.3 Å². The number of hydrogen-bond donors (Lipinski definition) is 1. The molecule has 0 atom stereocenters. The van der Waals surface area contributed by atoms with Crippen LogP contribution in [0.5, 0.6) is 0 Å². The van der Waals surface area contributed by atoms with E-state index in [-0.39, 0.29) is 0 Å². The van der Waals surface area contributed by atoms with Crippen LogP contribution in [0.1, 0.15) is 19.5 Å². The molecular weight excluding hydrogens is 228 g/mol. The molecule has 0 aromatic carbocycles. The van der Waals surface area contributed by atoms with Crippen LogP contribution in [0.15, 0.2) is 5.51 Å². The van der Waals surface area contributed by atoms with Crippen LogP contribution < -0.4 is 5.32 Å². The maximum Gasteiger partial charge on any atom is 0.206 e. The minimum atomic E-state index is 0.873. The Morgan fingerprint density at radius 1 is 1.33 bits per heavy atom. The summed E-state index contributed by atoms with van der Waals surface area (Å²) in [4.78, 5) is 5.46. The minimum Gasteiger partial charge on any atom is -0.360 e. The average Bonchev–Trinajstić information content (AvgIpc) is 2.84. The van der Waals surface area contributed by atoms with Crippen molar-refractivity contribution in [1.82, 2.24) is 15.2 Å². The normalized spacial score (nSPS) is 10.5. The van der Waals surface area contributed by atoms with E-state index in [4.69, 9.17) is 0 Å². The number of anilines is 1. The Labute approximate surface area is 96.4 Å². The maximum atomic E-state index is 4.30. The molecule has 2 aromatic heterocycles. The summed E-state index contributed by atoms with van der Waals surface area (Å²) in [6, 6.07) is 0. The van der Waals surface area contributed by atoms with E-state index >= 15 is 0 Å². The molecule has 0 spiro atoms. The van der Waals surface area contributed by atoms with Crippen molar-refractivity contribution in [3.8, 4) is 9.88 Å². The SMILES string of the molecule is CCNc1nnc(-c2scnc2CC)s1. The highest BCUT2D eigenvalue weighted by molar-refractivity contribution is 7.22. The van der Waals surface area contributed by atoms with Crippen LogP contribution in [-0.4, -0.2) is 21.7 Å². The first-order valence-corrected chi connectivity index (χ1v) is 6.54. The van der Waals surface area contributed by atoms with Gasteiger partial charge in [-0.2, -0.15) is 0 Å². The summed E-state index contributed by atoms with van der Waals surface area (Å²) < 4.78 is 0. The van der Waals surface area contributed by atoms with Gasteiger partial charge in [0.25, 0.3) is 0 Å². The van der Waals surface area contributed by atoms with Gasteiger partial charge in [-0.25, -0.2) is 4.98 Å². The summed E-state index contributed by atoms with van der Waals surface area (Å²) in [6.45, 7) is 5.02. The van der Waals surface area contributed by atoms with Gasteiger partial charge in [-0.3, -0.25) is 0 Å². The molecule has 2 heterocycles. The Kier molecular flexibility index (Phi) is 3.27. The fourth-order valence-corrected chi connectivity index (χ4v) is 3.04. The van der Waals surface area contributed by atoms with Gasteiger partial charge < -0.3 is 5.32 Å². The molecule has 1 N–H and O–H groups in total. The molecule has 6 heteroatoms. The van der Waals surface area contributed by atoms with Gasteiger partial charge in [0.2, 0.25) is 5.13 Å². The largest absolute Gasteiger partial charge is 0.360 e. The summed E-state index contributed by atoms with van der Waals surface area (Å²) >= 11 is 3.21. The highest BCUT2D eigenvalue weighted by Crippen LogP contribution is 2.32. The lowest BCUT2D eigenvalue weighted by atomic mass is 10.3. The number of nitrogens with zero attached hydrogens (tertiary/aromatic N) is 3. The van der Waals surface area contributed by atoms with Crippen LogP contribution >= 0.6 is 22.7 Å². The van der Waals surface area contributed by atoms with Gasteiger partial charge in [0.05, 0.1) is 16.1 Å². The Morgan fingerprint density at radius 3 is 2.93 bits per heavy atom. The summed E-state index contributed by atoms with van der Waals surface area (Å²) in [5.41, 5.74) is 2.97. The number of aromatic nitrogens is 3. The van der Waals surface area contributed by atoms with Crippen molar-refractivity contribution in [2.45, 2.75) is 20.3 Å². The smallest absolute Gasteiger partial charge is 0.206 e. The van der Waals surface area contributed by atoms with Crippen molar-refractivity contribution in [1.29, 1.82) is 0 Å². The third-order valence-corrected chi connectivity index (χ3v) is 3.83. The molecule has 0 radical (unpaired) electrons. The van der Waals surface area contributed by atoms with Crippen molar-refractivity contribution in [2.24, 2.45) is 0 Å². The highest BCUT2D eigenvalue weighted by Gasteiger charge is 2.12. The lowest BCUT2D eigenvalue weighted by molar-refractivity contribution is 1.05. The molecule has 2 aromatic rings. The molecule has 2 rings (SSSR count). The number of thiazole rings is 1. The lowest BCUT2D eigenvalue weighted by Gasteiger charge is -1.93. The van der Waals surface area contributed by atoms with Crippen LogP contribution in [0.3, 0.4) is 0 Å². The molecule has 15 heavy (non-hydrogen) atoms. The Hall–Kier alpha value is -1.01. The maximum absolute atomic E-state index is 4.30. The second-order valence-electron chi connectivity index (χ2n) is 2.92. The summed E-state index contributed by atoms with van der Waals surface area (Å²) in [5, 5.41) is 13.2. The summed E-state index contributed by atoms with van der Waals surface area (Å²) in [6.07, 6.45) is 0.939. The second kappa shape index (κ2) is 4.67. The van der Waals surface area contributed by atoms with E-state index in [0.717, 1.165) is 33.7 Å². The van der Waals surface area contributed by atoms with Gasteiger partial charge >= 0.3 is 0 Å². The van der Waals surface area contributed by atoms with Crippen LogP contribution in [0.2, 0.25) is 0 Å². The molecule has 0 bridgehead atoms. The molecule has 4 nitrogen and oxygen atoms in total. The molecular formula is C9H12N4S2. The van der Waals surface area contributed by atoms with Gasteiger partial charge in [0.15, 0.2) is 5.01 Å². The number of rotatable bonds is 4. The molecule has 0 amide bonds. The molecule has 0 aliphatic heterocycles. The van der Waals surface area contributed by atoms with E-state index in [0.29, 0.717) is 0 Å². The van der Waals surface area contributed by atoms with Crippen molar-refractivity contribution in [3.63, 3.8) is 0 Å². The Bertz CT molecular complexity index is 435. The quantitative estimate of drug-likeness (QED) is 0.892. The predicted octanol–water partition coefficient (Wildman–Crippen LogP) is 2.66. The molecule has 0 fully saturated rings.